The Bertz CT molecular complexity index is 637. The number of carboxylic acids is 1. The highest BCUT2D eigenvalue weighted by Gasteiger charge is 2.14. The van der Waals surface area contributed by atoms with Crippen molar-refractivity contribution in [3.63, 3.8) is 0 Å². The average molecular weight is 258 g/mol. The van der Waals surface area contributed by atoms with Crippen LogP contribution in [-0.2, 0) is 0 Å². The van der Waals surface area contributed by atoms with Crippen LogP contribution in [0.15, 0.2) is 30.3 Å². The molecule has 0 aromatic heterocycles. The molecule has 0 atom stereocenters. The Morgan fingerprint density at radius 2 is 1.63 bits per heavy atom. The maximum atomic E-state index is 14.0. The maximum Gasteiger partial charge on any atom is 0.335 e. The first-order valence-electron chi connectivity index (χ1n) is 6.01. The molecule has 0 fully saturated rings. The van der Waals surface area contributed by atoms with Gasteiger partial charge >= 0.3 is 5.97 Å². The van der Waals surface area contributed by atoms with E-state index in [0.717, 1.165) is 22.3 Å². The average Bonchev–Trinajstić information content (AvgIpc) is 2.29. The van der Waals surface area contributed by atoms with Crippen LogP contribution in [0.25, 0.3) is 11.1 Å². The number of carboxylic acid groups (broad SMARTS) is 1. The molecule has 0 saturated heterocycles. The first-order valence-corrected chi connectivity index (χ1v) is 6.01. The van der Waals surface area contributed by atoms with E-state index in [-0.39, 0.29) is 5.56 Å². The summed E-state index contributed by atoms with van der Waals surface area (Å²) in [5.74, 6) is -1.45. The number of aryl methyl sites for hydroxylation is 3. The van der Waals surface area contributed by atoms with Gasteiger partial charge in [0.05, 0.1) is 5.56 Å². The lowest BCUT2D eigenvalue weighted by Gasteiger charge is -2.13. The summed E-state index contributed by atoms with van der Waals surface area (Å²) in [5, 5.41) is 9.01. The fraction of sp³-hybridized carbons (Fsp3) is 0.188. The predicted octanol–water partition coefficient (Wildman–Crippen LogP) is 4.12. The van der Waals surface area contributed by atoms with Crippen molar-refractivity contribution >= 4 is 5.97 Å². The van der Waals surface area contributed by atoms with Gasteiger partial charge in [0.1, 0.15) is 5.82 Å². The van der Waals surface area contributed by atoms with Gasteiger partial charge in [-0.15, -0.1) is 0 Å². The number of carbonyl (C=O) groups is 1. The zero-order valence-electron chi connectivity index (χ0n) is 11.1. The molecule has 0 amide bonds. The standard InChI is InChI=1S/C16H15FO2/c1-9-6-10(2)15(11(3)7-9)13-8-12(16(18)19)4-5-14(13)17/h4-8H,1-3H3,(H,18,19). The van der Waals surface area contributed by atoms with E-state index in [1.165, 1.54) is 18.2 Å². The summed E-state index contributed by atoms with van der Waals surface area (Å²) in [6.45, 7) is 5.79. The van der Waals surface area contributed by atoms with Gasteiger partial charge in [-0.3, -0.25) is 0 Å². The quantitative estimate of drug-likeness (QED) is 0.879. The van der Waals surface area contributed by atoms with Gasteiger partial charge in [0.25, 0.3) is 0 Å². The number of rotatable bonds is 2. The highest BCUT2D eigenvalue weighted by atomic mass is 19.1. The molecule has 0 heterocycles. The zero-order chi connectivity index (χ0) is 14.2. The first-order chi connectivity index (χ1) is 8.90. The topological polar surface area (TPSA) is 37.3 Å². The van der Waals surface area contributed by atoms with Crippen LogP contribution in [0, 0.1) is 26.6 Å². The van der Waals surface area contributed by atoms with Crippen LogP contribution in [0.1, 0.15) is 27.0 Å². The molecule has 98 valence electrons. The van der Waals surface area contributed by atoms with Gasteiger partial charge in [0.15, 0.2) is 0 Å². The SMILES string of the molecule is Cc1cc(C)c(-c2cc(C(=O)O)ccc2F)c(C)c1. The smallest absolute Gasteiger partial charge is 0.335 e. The van der Waals surface area contributed by atoms with Crippen LogP contribution >= 0.6 is 0 Å². The van der Waals surface area contributed by atoms with E-state index in [1.54, 1.807) is 0 Å². The van der Waals surface area contributed by atoms with Crippen molar-refractivity contribution < 1.29 is 14.3 Å². The number of hydrogen-bond donors (Lipinski definition) is 1. The summed E-state index contributed by atoms with van der Waals surface area (Å²) >= 11 is 0. The van der Waals surface area contributed by atoms with Crippen molar-refractivity contribution in [3.8, 4) is 11.1 Å². The Kier molecular flexibility index (Phi) is 3.38. The molecule has 2 nitrogen and oxygen atoms in total. The summed E-state index contributed by atoms with van der Waals surface area (Å²) in [7, 11) is 0. The molecule has 0 aliphatic heterocycles. The Balaban J connectivity index is 2.71. The molecular weight excluding hydrogens is 243 g/mol. The monoisotopic (exact) mass is 258 g/mol. The van der Waals surface area contributed by atoms with Gasteiger partial charge in [0.2, 0.25) is 0 Å². The minimum absolute atomic E-state index is 0.0933. The molecule has 2 aromatic rings. The lowest BCUT2D eigenvalue weighted by molar-refractivity contribution is 0.0697. The Labute approximate surface area is 111 Å². The molecule has 3 heteroatoms. The molecule has 0 unspecified atom stereocenters. The third-order valence-corrected chi connectivity index (χ3v) is 3.16. The van der Waals surface area contributed by atoms with Gasteiger partial charge in [-0.05, 0) is 55.7 Å². The minimum Gasteiger partial charge on any atom is -0.478 e. The van der Waals surface area contributed by atoms with Crippen molar-refractivity contribution in [1.29, 1.82) is 0 Å². The van der Waals surface area contributed by atoms with Crippen molar-refractivity contribution in [2.24, 2.45) is 0 Å². The summed E-state index contributed by atoms with van der Waals surface area (Å²) in [6, 6.07) is 7.81. The lowest BCUT2D eigenvalue weighted by Crippen LogP contribution is -1.99. The molecule has 2 aromatic carbocycles. The second-order valence-electron chi connectivity index (χ2n) is 4.77. The molecule has 1 N–H and O–H groups in total. The highest BCUT2D eigenvalue weighted by Crippen LogP contribution is 2.31. The molecular formula is C16H15FO2. The van der Waals surface area contributed by atoms with Crippen LogP contribution in [0.3, 0.4) is 0 Å². The molecule has 0 saturated carbocycles. The van der Waals surface area contributed by atoms with Gasteiger partial charge in [0, 0.05) is 5.56 Å². The normalized spacial score (nSPS) is 10.5. The Morgan fingerprint density at radius 1 is 1.05 bits per heavy atom. The third kappa shape index (κ3) is 2.50. The van der Waals surface area contributed by atoms with Crippen molar-refractivity contribution in [3.05, 3.63) is 58.4 Å². The van der Waals surface area contributed by atoms with Crippen LogP contribution in [0.2, 0.25) is 0 Å². The number of benzene rings is 2. The number of hydrogen-bond acceptors (Lipinski definition) is 1. The molecule has 0 aliphatic carbocycles. The molecule has 0 spiro atoms. The fourth-order valence-corrected chi connectivity index (χ4v) is 2.45. The van der Waals surface area contributed by atoms with Gasteiger partial charge in [-0.2, -0.15) is 0 Å². The van der Waals surface area contributed by atoms with E-state index in [1.807, 2.05) is 32.9 Å². The van der Waals surface area contributed by atoms with E-state index < -0.39 is 11.8 Å². The van der Waals surface area contributed by atoms with Crippen LogP contribution in [0.5, 0.6) is 0 Å². The zero-order valence-corrected chi connectivity index (χ0v) is 11.1. The lowest BCUT2D eigenvalue weighted by atomic mass is 9.92. The number of halogens is 1. The second kappa shape index (κ2) is 4.84. The first kappa shape index (κ1) is 13.3. The van der Waals surface area contributed by atoms with Crippen molar-refractivity contribution in [2.45, 2.75) is 20.8 Å². The van der Waals surface area contributed by atoms with Gasteiger partial charge in [-0.1, -0.05) is 17.7 Å². The van der Waals surface area contributed by atoms with E-state index in [4.69, 9.17) is 5.11 Å². The highest BCUT2D eigenvalue weighted by molar-refractivity contribution is 5.90. The summed E-state index contributed by atoms with van der Waals surface area (Å²) in [6.07, 6.45) is 0. The largest absolute Gasteiger partial charge is 0.478 e. The predicted molar refractivity (Wildman–Crippen MR) is 73.0 cm³/mol. The minimum atomic E-state index is -1.05. The molecule has 19 heavy (non-hydrogen) atoms. The Hall–Kier alpha value is -2.16. The third-order valence-electron chi connectivity index (χ3n) is 3.16. The molecule has 0 aliphatic rings. The van der Waals surface area contributed by atoms with Gasteiger partial charge < -0.3 is 5.11 Å². The van der Waals surface area contributed by atoms with Crippen molar-refractivity contribution in [2.75, 3.05) is 0 Å². The van der Waals surface area contributed by atoms with E-state index >= 15 is 0 Å². The summed E-state index contributed by atoms with van der Waals surface area (Å²) < 4.78 is 14.0. The van der Waals surface area contributed by atoms with E-state index in [9.17, 15) is 9.18 Å². The van der Waals surface area contributed by atoms with E-state index in [0.29, 0.717) is 5.56 Å². The summed E-state index contributed by atoms with van der Waals surface area (Å²) in [4.78, 5) is 11.0. The van der Waals surface area contributed by atoms with Crippen molar-refractivity contribution in [1.82, 2.24) is 0 Å². The molecule has 2 rings (SSSR count). The van der Waals surface area contributed by atoms with Crippen LogP contribution < -0.4 is 0 Å². The molecule has 0 radical (unpaired) electrons. The maximum absolute atomic E-state index is 14.0. The second-order valence-corrected chi connectivity index (χ2v) is 4.77. The van der Waals surface area contributed by atoms with Crippen LogP contribution in [-0.4, -0.2) is 11.1 Å². The molecule has 0 bridgehead atoms. The van der Waals surface area contributed by atoms with E-state index in [2.05, 4.69) is 0 Å². The fourth-order valence-electron chi connectivity index (χ4n) is 2.45. The summed E-state index contributed by atoms with van der Waals surface area (Å²) in [5.41, 5.74) is 4.20. The van der Waals surface area contributed by atoms with Gasteiger partial charge in [-0.25, -0.2) is 9.18 Å². The van der Waals surface area contributed by atoms with Crippen LogP contribution in [0.4, 0.5) is 4.39 Å². The Morgan fingerprint density at radius 3 is 2.16 bits per heavy atom. The number of aromatic carboxylic acids is 1.